The van der Waals surface area contributed by atoms with Crippen LogP contribution in [0.2, 0.25) is 0 Å². The Hall–Kier alpha value is 0.0900. The summed E-state index contributed by atoms with van der Waals surface area (Å²) in [6.45, 7) is 0.734. The van der Waals surface area contributed by atoms with E-state index in [1.165, 1.54) is 0 Å². The molecule has 0 radical (unpaired) electrons. The minimum absolute atomic E-state index is 0.0975. The number of rotatable bonds is 3. The highest BCUT2D eigenvalue weighted by Gasteiger charge is 2.26. The number of halogens is 3. The van der Waals surface area contributed by atoms with Gasteiger partial charge in [0.25, 0.3) is 0 Å². The lowest BCUT2D eigenvalue weighted by atomic mass is 9.81. The average Bonchev–Trinajstić information content (AvgIpc) is 2.42. The number of benzene rings is 1. The third kappa shape index (κ3) is 4.06. The topological polar surface area (TPSA) is 55.1 Å². The number of nitrogens with two attached hydrogens (primary N) is 1. The highest BCUT2D eigenvalue weighted by Crippen LogP contribution is 2.36. The van der Waals surface area contributed by atoms with E-state index in [1.807, 2.05) is 12.1 Å². The molecule has 110 valence electrons. The van der Waals surface area contributed by atoms with Crippen LogP contribution in [0.25, 0.3) is 0 Å². The summed E-state index contributed by atoms with van der Waals surface area (Å²) in [6, 6.07) is 3.84. The van der Waals surface area contributed by atoms with Crippen LogP contribution in [0.15, 0.2) is 25.6 Å². The highest BCUT2D eigenvalue weighted by molar-refractivity contribution is 9.11. The minimum atomic E-state index is 0.0975. The number of nitrogens with one attached hydrogen (secondary N) is 1. The van der Waals surface area contributed by atoms with Crippen LogP contribution in [0, 0.1) is 11.8 Å². The second-order valence-electron chi connectivity index (χ2n) is 5.19. The van der Waals surface area contributed by atoms with Gasteiger partial charge in [0, 0.05) is 19.3 Å². The van der Waals surface area contributed by atoms with Gasteiger partial charge in [-0.05, 0) is 82.1 Å². The van der Waals surface area contributed by atoms with Crippen molar-refractivity contribution in [3.8, 4) is 0 Å². The summed E-state index contributed by atoms with van der Waals surface area (Å²) < 4.78 is 2.68. The van der Waals surface area contributed by atoms with Crippen molar-refractivity contribution in [2.24, 2.45) is 17.6 Å². The van der Waals surface area contributed by atoms with E-state index in [0.29, 0.717) is 5.92 Å². The first-order valence-electron chi connectivity index (χ1n) is 6.66. The molecule has 1 saturated carbocycles. The van der Waals surface area contributed by atoms with Gasteiger partial charge < -0.3 is 11.1 Å². The first kappa shape index (κ1) is 16.5. The van der Waals surface area contributed by atoms with Gasteiger partial charge in [-0.2, -0.15) is 0 Å². The molecule has 0 heterocycles. The van der Waals surface area contributed by atoms with E-state index in [0.717, 1.165) is 51.3 Å². The molecule has 1 aromatic rings. The number of hydrogen-bond donors (Lipinski definition) is 2. The van der Waals surface area contributed by atoms with Crippen molar-refractivity contribution in [3.05, 3.63) is 25.6 Å². The van der Waals surface area contributed by atoms with Crippen molar-refractivity contribution in [1.82, 2.24) is 0 Å². The molecule has 1 aromatic carbocycles. The first-order valence-corrected chi connectivity index (χ1v) is 9.04. The number of amides is 1. The van der Waals surface area contributed by atoms with Crippen molar-refractivity contribution in [3.63, 3.8) is 0 Å². The Morgan fingerprint density at radius 3 is 2.20 bits per heavy atom. The van der Waals surface area contributed by atoms with E-state index in [9.17, 15) is 4.79 Å². The Kier molecular flexibility index (Phi) is 6.08. The molecule has 1 amide bonds. The van der Waals surface area contributed by atoms with Crippen LogP contribution in [-0.2, 0) is 4.79 Å². The normalized spacial score (nSPS) is 22.6. The Bertz CT molecular complexity index is 476. The highest BCUT2D eigenvalue weighted by atomic mass is 79.9. The molecule has 0 bridgehead atoms. The molecule has 3 nitrogen and oxygen atoms in total. The molecule has 0 spiro atoms. The molecule has 1 fully saturated rings. The van der Waals surface area contributed by atoms with E-state index in [1.54, 1.807) is 0 Å². The zero-order valence-corrected chi connectivity index (χ0v) is 15.7. The molecule has 0 unspecified atom stereocenters. The molecule has 20 heavy (non-hydrogen) atoms. The monoisotopic (exact) mass is 466 g/mol. The fourth-order valence-corrected chi connectivity index (χ4v) is 5.00. The third-order valence-corrected chi connectivity index (χ3v) is 5.51. The number of carbonyl (C=O) groups is 1. The van der Waals surface area contributed by atoms with E-state index in [2.05, 4.69) is 53.1 Å². The second-order valence-corrected chi connectivity index (χ2v) is 7.81. The number of anilines is 1. The maximum Gasteiger partial charge on any atom is 0.227 e. The maximum atomic E-state index is 12.4. The van der Waals surface area contributed by atoms with Crippen molar-refractivity contribution < 1.29 is 4.79 Å². The second kappa shape index (κ2) is 7.38. The average molecular weight is 469 g/mol. The minimum Gasteiger partial charge on any atom is -0.330 e. The van der Waals surface area contributed by atoms with Gasteiger partial charge in [0.05, 0.1) is 5.69 Å². The summed E-state index contributed by atoms with van der Waals surface area (Å²) in [7, 11) is 0. The summed E-state index contributed by atoms with van der Waals surface area (Å²) in [5.41, 5.74) is 6.48. The van der Waals surface area contributed by atoms with E-state index in [-0.39, 0.29) is 11.8 Å². The SMILES string of the molecule is NCC1CCC(C(=O)Nc2c(Br)cc(Br)cc2Br)CC1. The van der Waals surface area contributed by atoms with Gasteiger partial charge in [0.2, 0.25) is 5.91 Å². The maximum absolute atomic E-state index is 12.4. The Labute approximate surface area is 144 Å². The first-order chi connectivity index (χ1) is 9.51. The zero-order valence-electron chi connectivity index (χ0n) is 11.0. The van der Waals surface area contributed by atoms with Crippen LogP contribution in [0.1, 0.15) is 25.7 Å². The van der Waals surface area contributed by atoms with Gasteiger partial charge in [-0.25, -0.2) is 0 Å². The fourth-order valence-electron chi connectivity index (χ4n) is 2.55. The van der Waals surface area contributed by atoms with Gasteiger partial charge in [0.15, 0.2) is 0 Å². The lowest BCUT2D eigenvalue weighted by molar-refractivity contribution is -0.121. The largest absolute Gasteiger partial charge is 0.330 e. The Balaban J connectivity index is 2.02. The van der Waals surface area contributed by atoms with Gasteiger partial charge in [-0.3, -0.25) is 4.79 Å². The zero-order chi connectivity index (χ0) is 14.7. The number of carbonyl (C=O) groups excluding carboxylic acids is 1. The van der Waals surface area contributed by atoms with Crippen LogP contribution in [0.4, 0.5) is 5.69 Å². The molecule has 0 atom stereocenters. The molecular formula is C14H17Br3N2O. The lowest BCUT2D eigenvalue weighted by Gasteiger charge is -2.27. The smallest absolute Gasteiger partial charge is 0.227 e. The summed E-state index contributed by atoms with van der Waals surface area (Å²) in [6.07, 6.45) is 3.97. The van der Waals surface area contributed by atoms with Crippen LogP contribution >= 0.6 is 47.8 Å². The van der Waals surface area contributed by atoms with Gasteiger partial charge in [-0.1, -0.05) is 15.9 Å². The van der Waals surface area contributed by atoms with Gasteiger partial charge in [-0.15, -0.1) is 0 Å². The molecule has 6 heteroatoms. The van der Waals surface area contributed by atoms with E-state index in [4.69, 9.17) is 5.73 Å². The molecule has 0 aromatic heterocycles. The summed E-state index contributed by atoms with van der Waals surface area (Å²) in [5.74, 6) is 0.787. The van der Waals surface area contributed by atoms with Gasteiger partial charge >= 0.3 is 0 Å². The van der Waals surface area contributed by atoms with E-state index < -0.39 is 0 Å². The molecule has 0 saturated heterocycles. The van der Waals surface area contributed by atoms with Crippen molar-refractivity contribution in [2.45, 2.75) is 25.7 Å². The molecule has 2 rings (SSSR count). The van der Waals surface area contributed by atoms with Crippen molar-refractivity contribution >= 4 is 59.4 Å². The standard InChI is InChI=1S/C14H17Br3N2O/c15-10-5-11(16)13(12(17)6-10)19-14(20)9-3-1-8(7-18)2-4-9/h5-6,8-9H,1-4,7,18H2,(H,19,20). The molecule has 3 N–H and O–H groups in total. The summed E-state index contributed by atoms with van der Waals surface area (Å²) in [4.78, 5) is 12.4. The molecule has 0 aliphatic heterocycles. The quantitative estimate of drug-likeness (QED) is 0.676. The van der Waals surface area contributed by atoms with Crippen LogP contribution in [-0.4, -0.2) is 12.5 Å². The molecule has 1 aliphatic rings. The Morgan fingerprint density at radius 2 is 1.70 bits per heavy atom. The molecular weight excluding hydrogens is 452 g/mol. The Morgan fingerprint density at radius 1 is 1.15 bits per heavy atom. The van der Waals surface area contributed by atoms with Crippen molar-refractivity contribution in [2.75, 3.05) is 11.9 Å². The predicted octanol–water partition coefficient (Wildman–Crippen LogP) is 4.68. The third-order valence-electron chi connectivity index (χ3n) is 3.81. The van der Waals surface area contributed by atoms with Crippen LogP contribution in [0.3, 0.4) is 0 Å². The number of hydrogen-bond acceptors (Lipinski definition) is 2. The summed E-state index contributed by atoms with van der Waals surface area (Å²) >= 11 is 10.4. The van der Waals surface area contributed by atoms with Crippen molar-refractivity contribution in [1.29, 1.82) is 0 Å². The predicted molar refractivity (Wildman–Crippen MR) is 92.7 cm³/mol. The lowest BCUT2D eigenvalue weighted by Crippen LogP contribution is -2.29. The van der Waals surface area contributed by atoms with Crippen LogP contribution in [0.5, 0.6) is 0 Å². The fraction of sp³-hybridized carbons (Fsp3) is 0.500. The van der Waals surface area contributed by atoms with Crippen LogP contribution < -0.4 is 11.1 Å². The van der Waals surface area contributed by atoms with E-state index >= 15 is 0 Å². The van der Waals surface area contributed by atoms with Gasteiger partial charge in [0.1, 0.15) is 0 Å². The summed E-state index contributed by atoms with van der Waals surface area (Å²) in [5, 5.41) is 3.02. The molecule has 1 aliphatic carbocycles.